The van der Waals surface area contributed by atoms with E-state index in [1.807, 2.05) is 6.07 Å². The van der Waals surface area contributed by atoms with Gasteiger partial charge in [-0.2, -0.15) is 9.37 Å². The van der Waals surface area contributed by atoms with Crippen LogP contribution in [0.3, 0.4) is 0 Å². The van der Waals surface area contributed by atoms with Crippen molar-refractivity contribution in [1.29, 1.82) is 0 Å². The van der Waals surface area contributed by atoms with Gasteiger partial charge in [-0.25, -0.2) is 8.78 Å². The van der Waals surface area contributed by atoms with Crippen LogP contribution in [0.4, 0.5) is 13.2 Å². The smallest absolute Gasteiger partial charge is 0.255 e. The number of ether oxygens (including phenoxy) is 2. The molecule has 3 aliphatic carbocycles. The average Bonchev–Trinajstić information content (AvgIpc) is 4.02. The van der Waals surface area contributed by atoms with Gasteiger partial charge in [-0.3, -0.25) is 29.4 Å². The zero-order valence-electron chi connectivity index (χ0n) is 38.5. The van der Waals surface area contributed by atoms with Crippen molar-refractivity contribution in [3.63, 3.8) is 0 Å². The Labute approximate surface area is 401 Å². The van der Waals surface area contributed by atoms with Crippen LogP contribution in [0.2, 0.25) is 0 Å². The van der Waals surface area contributed by atoms with Crippen molar-refractivity contribution in [3.05, 3.63) is 112 Å². The van der Waals surface area contributed by atoms with Gasteiger partial charge in [0, 0.05) is 42.1 Å². The summed E-state index contributed by atoms with van der Waals surface area (Å²) in [4.78, 5) is 58.7. The van der Waals surface area contributed by atoms with Crippen LogP contribution in [0.1, 0.15) is 120 Å². The van der Waals surface area contributed by atoms with E-state index in [1.165, 1.54) is 10.5 Å². The number of rotatable bonds is 16. The van der Waals surface area contributed by atoms with Gasteiger partial charge < -0.3 is 29.3 Å². The first-order chi connectivity index (χ1) is 33.9. The summed E-state index contributed by atoms with van der Waals surface area (Å²) in [5, 5.41) is 27.1. The molecule has 3 saturated carbocycles. The number of amides is 4. The van der Waals surface area contributed by atoms with Gasteiger partial charge in [0.05, 0.1) is 18.7 Å². The number of nitrogens with one attached hydrogen (secondary N) is 2. The number of hydrogen-bond acceptors (Lipinski definition) is 13. The van der Waals surface area contributed by atoms with Crippen LogP contribution in [0, 0.1) is 28.8 Å². The van der Waals surface area contributed by atoms with Gasteiger partial charge in [-0.05, 0) is 130 Å². The molecule has 5 fully saturated rings. The number of likely N-dealkylation sites (tertiary alicyclic amines) is 1. The molecule has 6 aliphatic rings. The summed E-state index contributed by atoms with van der Waals surface area (Å²) in [6.07, 6.45) is 9.11. The number of fused-ring (bicyclic) bond motifs is 4. The second kappa shape index (κ2) is 19.5. The number of imide groups is 1. The lowest BCUT2D eigenvalue weighted by molar-refractivity contribution is -0.136. The number of phenols is 1. The molecule has 5 heterocycles. The summed E-state index contributed by atoms with van der Waals surface area (Å²) in [7, 11) is 0. The quantitative estimate of drug-likeness (QED) is 0.0515. The summed E-state index contributed by atoms with van der Waals surface area (Å²) < 4.78 is 59.9. The fourth-order valence-electron chi connectivity index (χ4n) is 10.9. The zero-order chi connectivity index (χ0) is 48.6. The summed E-state index contributed by atoms with van der Waals surface area (Å²) >= 11 is 0. The average molecular weight is 963 g/mol. The third kappa shape index (κ3) is 9.54. The van der Waals surface area contributed by atoms with Crippen molar-refractivity contribution in [2.45, 2.75) is 108 Å². The van der Waals surface area contributed by atoms with Crippen LogP contribution in [0.15, 0.2) is 65.2 Å². The maximum Gasteiger partial charge on any atom is 0.255 e. The molecular weight excluding hydrogens is 910 g/mol. The highest BCUT2D eigenvalue weighted by molar-refractivity contribution is 6.05. The first kappa shape index (κ1) is 46.8. The van der Waals surface area contributed by atoms with E-state index in [1.54, 1.807) is 24.3 Å². The molecule has 2 bridgehead atoms. The lowest BCUT2D eigenvalue weighted by Gasteiger charge is -2.51. The Bertz CT molecular complexity index is 2780. The fraction of sp³-hybridized carbons (Fsp3) is 0.451. The van der Waals surface area contributed by atoms with Crippen molar-refractivity contribution < 1.29 is 51.5 Å². The first-order valence-corrected chi connectivity index (χ1v) is 24.0. The largest absolute Gasteiger partial charge is 0.503 e. The third-order valence-electron chi connectivity index (χ3n) is 15.2. The van der Waals surface area contributed by atoms with E-state index in [9.17, 15) is 37.5 Å². The number of benzene rings is 3. The number of nitrogens with zero attached hydrogens (tertiary/aromatic N) is 6. The maximum atomic E-state index is 14.3. The van der Waals surface area contributed by atoms with Crippen molar-refractivity contribution in [2.24, 2.45) is 11.3 Å². The second-order valence-electron chi connectivity index (χ2n) is 19.5. The van der Waals surface area contributed by atoms with Crippen molar-refractivity contribution in [1.82, 2.24) is 40.8 Å². The third-order valence-corrected chi connectivity index (χ3v) is 15.2. The minimum atomic E-state index is -1.80. The molecule has 3 N–H and O–H groups in total. The molecule has 1 atom stereocenters. The van der Waals surface area contributed by atoms with Crippen LogP contribution in [0.25, 0.3) is 11.5 Å². The van der Waals surface area contributed by atoms with Crippen molar-refractivity contribution in [2.75, 3.05) is 26.2 Å². The van der Waals surface area contributed by atoms with Gasteiger partial charge in [0.1, 0.15) is 24.1 Å². The molecule has 3 aromatic carbocycles. The molecule has 366 valence electrons. The number of hydrogen-bond donors (Lipinski definition) is 3. The SMILES string of the molecule is O=C1CCC(N2Cc3c(OCc4ccc(CN5CCC(CCCOc6ccc(-c7noc([C@]89CC[C@](CNC(=O)c%10cc(F)c(O)c(F)c%10F)(CC8)CC9)n7)nn6)CC5)cc4)cccc3C2=O)C(=O)N1. The number of halogens is 3. The number of aromatic nitrogens is 4. The van der Waals surface area contributed by atoms with E-state index in [-0.39, 0.29) is 42.2 Å². The Balaban J connectivity index is 0.620. The Morgan fingerprint density at radius 3 is 2.39 bits per heavy atom. The van der Waals surface area contributed by atoms with E-state index in [2.05, 4.69) is 55.2 Å². The summed E-state index contributed by atoms with van der Waals surface area (Å²) in [5.74, 6) is -5.66. The monoisotopic (exact) mass is 962 g/mol. The molecule has 19 heteroatoms. The minimum absolute atomic E-state index is 0.206. The van der Waals surface area contributed by atoms with Crippen LogP contribution < -0.4 is 20.1 Å². The molecule has 4 amide bonds. The maximum absolute atomic E-state index is 14.3. The fourth-order valence-corrected chi connectivity index (χ4v) is 10.9. The highest BCUT2D eigenvalue weighted by Crippen LogP contribution is 2.57. The predicted octanol–water partition coefficient (Wildman–Crippen LogP) is 7.08. The Hall–Kier alpha value is -6.89. The molecule has 3 aliphatic heterocycles. The van der Waals surface area contributed by atoms with E-state index in [0.717, 1.165) is 95.0 Å². The van der Waals surface area contributed by atoms with E-state index in [0.29, 0.717) is 66.2 Å². The molecule has 5 aromatic rings. The topological polar surface area (TPSA) is 202 Å². The van der Waals surface area contributed by atoms with Gasteiger partial charge in [0.2, 0.25) is 35.2 Å². The zero-order valence-corrected chi connectivity index (χ0v) is 38.5. The highest BCUT2D eigenvalue weighted by Gasteiger charge is 2.52. The molecule has 0 spiro atoms. The van der Waals surface area contributed by atoms with E-state index in [4.69, 9.17) is 19.0 Å². The Morgan fingerprint density at radius 2 is 1.66 bits per heavy atom. The van der Waals surface area contributed by atoms with Gasteiger partial charge in [0.25, 0.3) is 11.8 Å². The van der Waals surface area contributed by atoms with E-state index < -0.39 is 46.6 Å². The van der Waals surface area contributed by atoms with Crippen LogP contribution >= 0.6 is 0 Å². The molecule has 11 rings (SSSR count). The van der Waals surface area contributed by atoms with Crippen LogP contribution in [0.5, 0.6) is 17.4 Å². The number of phenolic OH excluding ortho intramolecular Hbond substituents is 1. The molecule has 70 heavy (non-hydrogen) atoms. The molecule has 16 nitrogen and oxygen atoms in total. The number of carbonyl (C=O) groups is 4. The normalized spacial score (nSPS) is 22.5. The van der Waals surface area contributed by atoms with Crippen LogP contribution in [-0.2, 0) is 34.7 Å². The van der Waals surface area contributed by atoms with Crippen LogP contribution in [-0.4, -0.2) is 91.2 Å². The first-order valence-electron chi connectivity index (χ1n) is 24.0. The minimum Gasteiger partial charge on any atom is -0.503 e. The standard InChI is InChI=1S/C51H53F3N8O8/c52-36-25-34(42(53)43(54)44(36)64)46(65)55-29-50-16-19-51(20-17-50,21-18-50)49-57-45(60-70-49)37-10-13-41(59-58-37)68-24-2-3-30-14-22-61(23-15-30)26-31-6-8-32(9-7-31)28-69-39-5-1-4-33-35(39)27-62(48(33)67)38-11-12-40(63)56-47(38)66/h1,4-10,13,25,30,38,64H,2-3,11-12,14-24,26-29H2,(H,55,65)(H,56,63,66)/t38?,50-,51+. The van der Waals surface area contributed by atoms with Crippen molar-refractivity contribution >= 4 is 23.6 Å². The number of aromatic hydroxyl groups is 1. The van der Waals surface area contributed by atoms with Crippen molar-refractivity contribution in [3.8, 4) is 28.9 Å². The summed E-state index contributed by atoms with van der Waals surface area (Å²) in [6, 6.07) is 17.1. The number of carbonyl (C=O) groups excluding carboxylic acids is 4. The predicted molar refractivity (Wildman–Crippen MR) is 243 cm³/mol. The Kier molecular flexibility index (Phi) is 13.0. The van der Waals surface area contributed by atoms with Gasteiger partial charge in [0.15, 0.2) is 17.4 Å². The van der Waals surface area contributed by atoms with Gasteiger partial charge in [-0.1, -0.05) is 35.5 Å². The summed E-state index contributed by atoms with van der Waals surface area (Å²) in [5.41, 5.74) is 2.61. The van der Waals surface area contributed by atoms with E-state index >= 15 is 0 Å². The molecule has 2 aromatic heterocycles. The van der Waals surface area contributed by atoms with Gasteiger partial charge >= 0.3 is 0 Å². The lowest BCUT2D eigenvalue weighted by Crippen LogP contribution is -2.52. The lowest BCUT2D eigenvalue weighted by atomic mass is 9.53. The molecule has 0 radical (unpaired) electrons. The number of piperidine rings is 2. The molecular formula is C51H53F3N8O8. The molecule has 1 unspecified atom stereocenters. The summed E-state index contributed by atoms with van der Waals surface area (Å²) in [6.45, 7) is 4.27. The van der Waals surface area contributed by atoms with Gasteiger partial charge in [-0.15, -0.1) is 10.2 Å². The highest BCUT2D eigenvalue weighted by atomic mass is 19.2. The Morgan fingerprint density at radius 1 is 0.900 bits per heavy atom. The molecule has 2 saturated heterocycles. The second-order valence-corrected chi connectivity index (χ2v) is 19.5.